The average Bonchev–Trinajstić information content (AvgIpc) is 2.38. The van der Waals surface area contributed by atoms with Crippen molar-refractivity contribution in [1.29, 1.82) is 5.26 Å². The Morgan fingerprint density at radius 1 is 1.16 bits per heavy atom. The molecule has 0 aliphatic carbocycles. The Kier molecular flexibility index (Phi) is 4.21. The second-order valence-corrected chi connectivity index (χ2v) is 4.66. The zero-order valence-electron chi connectivity index (χ0n) is 9.70. The van der Waals surface area contributed by atoms with Crippen LogP contribution in [0.15, 0.2) is 42.5 Å². The Morgan fingerprint density at radius 3 is 2.53 bits per heavy atom. The van der Waals surface area contributed by atoms with Crippen LogP contribution in [0, 0.1) is 17.1 Å². The number of nitrogens with zero attached hydrogens (tertiary/aromatic N) is 1. The van der Waals surface area contributed by atoms with Gasteiger partial charge in [0.15, 0.2) is 0 Å². The number of hydrogen-bond acceptors (Lipinski definition) is 1. The summed E-state index contributed by atoms with van der Waals surface area (Å²) in [7, 11) is 0. The van der Waals surface area contributed by atoms with Gasteiger partial charge in [-0.05, 0) is 35.9 Å². The molecule has 19 heavy (non-hydrogen) atoms. The lowest BCUT2D eigenvalue weighted by Gasteiger charge is -2.03. The summed E-state index contributed by atoms with van der Waals surface area (Å²) in [6, 6.07) is 13.2. The summed E-state index contributed by atoms with van der Waals surface area (Å²) in [5.74, 6) is -0.470. The van der Waals surface area contributed by atoms with E-state index in [0.717, 1.165) is 0 Å². The third-order valence-electron chi connectivity index (χ3n) is 2.54. The summed E-state index contributed by atoms with van der Waals surface area (Å²) in [5.41, 5.74) is 1.12. The van der Waals surface area contributed by atoms with E-state index in [1.807, 2.05) is 6.07 Å². The van der Waals surface area contributed by atoms with Gasteiger partial charge in [-0.25, -0.2) is 4.39 Å². The molecule has 2 aromatic rings. The summed E-state index contributed by atoms with van der Waals surface area (Å²) in [6.07, 6.45) is 1.42. The molecule has 0 radical (unpaired) electrons. The lowest BCUT2D eigenvalue weighted by molar-refractivity contribution is 0.625. The lowest BCUT2D eigenvalue weighted by Crippen LogP contribution is -1.86. The molecule has 2 aromatic carbocycles. The van der Waals surface area contributed by atoms with Gasteiger partial charge in [0.25, 0.3) is 0 Å². The van der Waals surface area contributed by atoms with Gasteiger partial charge in [0.05, 0.1) is 16.7 Å². The minimum Gasteiger partial charge on any atom is -0.206 e. The van der Waals surface area contributed by atoms with Crippen LogP contribution in [0.3, 0.4) is 0 Å². The smallest absolute Gasteiger partial charge is 0.131 e. The molecular weight excluding hydrogens is 284 g/mol. The Bertz CT molecular complexity index is 667. The highest BCUT2D eigenvalue weighted by molar-refractivity contribution is 6.32. The second-order valence-electron chi connectivity index (χ2n) is 3.82. The van der Waals surface area contributed by atoms with E-state index in [1.165, 1.54) is 18.2 Å². The fourth-order valence-electron chi connectivity index (χ4n) is 1.63. The van der Waals surface area contributed by atoms with Crippen LogP contribution in [-0.2, 0) is 0 Å². The zero-order valence-corrected chi connectivity index (χ0v) is 11.2. The van der Waals surface area contributed by atoms with Gasteiger partial charge in [0.2, 0.25) is 0 Å². The van der Waals surface area contributed by atoms with Crippen LogP contribution in [-0.4, -0.2) is 0 Å². The monoisotopic (exact) mass is 291 g/mol. The number of allylic oxidation sites excluding steroid dienone is 1. The summed E-state index contributed by atoms with van der Waals surface area (Å²) in [4.78, 5) is 0. The highest BCUT2D eigenvalue weighted by atomic mass is 35.5. The topological polar surface area (TPSA) is 23.8 Å². The molecule has 0 aromatic heterocycles. The molecule has 0 spiro atoms. The molecule has 94 valence electrons. The third kappa shape index (κ3) is 3.14. The molecule has 4 heteroatoms. The second kappa shape index (κ2) is 5.88. The van der Waals surface area contributed by atoms with E-state index in [0.29, 0.717) is 16.2 Å². The van der Waals surface area contributed by atoms with Crippen molar-refractivity contribution >= 4 is 34.9 Å². The van der Waals surface area contributed by atoms with Crippen LogP contribution in [0.2, 0.25) is 10.0 Å². The van der Waals surface area contributed by atoms with Crippen molar-refractivity contribution in [2.75, 3.05) is 0 Å². The van der Waals surface area contributed by atoms with Gasteiger partial charge >= 0.3 is 0 Å². The van der Waals surface area contributed by atoms with E-state index in [2.05, 4.69) is 0 Å². The summed E-state index contributed by atoms with van der Waals surface area (Å²) < 4.78 is 13.7. The van der Waals surface area contributed by atoms with Gasteiger partial charge in [-0.1, -0.05) is 41.4 Å². The van der Waals surface area contributed by atoms with E-state index >= 15 is 0 Å². The number of benzene rings is 2. The minimum absolute atomic E-state index is 0.195. The van der Waals surface area contributed by atoms with E-state index in [9.17, 15) is 9.65 Å². The predicted molar refractivity (Wildman–Crippen MR) is 76.3 cm³/mol. The van der Waals surface area contributed by atoms with Crippen LogP contribution >= 0.6 is 23.2 Å². The van der Waals surface area contributed by atoms with Gasteiger partial charge in [-0.3, -0.25) is 0 Å². The molecule has 0 amide bonds. The molecule has 0 unspecified atom stereocenters. The first-order valence-corrected chi connectivity index (χ1v) is 6.19. The largest absolute Gasteiger partial charge is 0.206 e. The predicted octanol–water partition coefficient (Wildman–Crippen LogP) is 5.20. The number of rotatable bonds is 2. The average molecular weight is 292 g/mol. The highest BCUT2D eigenvalue weighted by Crippen LogP contribution is 2.26. The van der Waals surface area contributed by atoms with E-state index in [-0.39, 0.29) is 10.6 Å². The fraction of sp³-hybridized carbons (Fsp3) is 0. The normalized spacial score (nSPS) is 11.2. The van der Waals surface area contributed by atoms with E-state index in [1.54, 1.807) is 30.3 Å². The molecule has 0 fully saturated rings. The van der Waals surface area contributed by atoms with Crippen LogP contribution in [0.5, 0.6) is 0 Å². The van der Waals surface area contributed by atoms with Crippen molar-refractivity contribution in [3.63, 3.8) is 0 Å². The van der Waals surface area contributed by atoms with Crippen molar-refractivity contribution in [3.8, 4) is 6.07 Å². The van der Waals surface area contributed by atoms with Gasteiger partial charge in [-0.15, -0.1) is 0 Å². The molecule has 0 atom stereocenters. The van der Waals surface area contributed by atoms with Crippen molar-refractivity contribution in [1.82, 2.24) is 0 Å². The third-order valence-corrected chi connectivity index (χ3v) is 3.11. The Morgan fingerprint density at radius 2 is 1.89 bits per heavy atom. The number of halogens is 3. The SMILES string of the molecule is N#C/C(=C/c1c(F)cccc1Cl)c1cccc(Cl)c1. The Labute approximate surface area is 120 Å². The van der Waals surface area contributed by atoms with Crippen molar-refractivity contribution in [2.45, 2.75) is 0 Å². The Balaban J connectivity index is 2.54. The quantitative estimate of drug-likeness (QED) is 0.551. The maximum Gasteiger partial charge on any atom is 0.131 e. The van der Waals surface area contributed by atoms with Crippen LogP contribution in [0.25, 0.3) is 11.6 Å². The van der Waals surface area contributed by atoms with Crippen LogP contribution < -0.4 is 0 Å². The standard InChI is InChI=1S/C15H8Cl2FN/c16-12-4-1-3-10(7-12)11(9-19)8-13-14(17)5-2-6-15(13)18/h1-8H/b11-8-. The Hall–Kier alpha value is -1.82. The van der Waals surface area contributed by atoms with Gasteiger partial charge in [0.1, 0.15) is 5.82 Å². The number of nitriles is 1. The first-order chi connectivity index (χ1) is 9.11. The molecule has 1 nitrogen and oxygen atoms in total. The lowest BCUT2D eigenvalue weighted by atomic mass is 10.0. The number of hydrogen-bond donors (Lipinski definition) is 0. The summed E-state index contributed by atoms with van der Waals surface area (Å²) in [6.45, 7) is 0. The van der Waals surface area contributed by atoms with Crippen molar-refractivity contribution in [2.24, 2.45) is 0 Å². The fourth-order valence-corrected chi connectivity index (χ4v) is 2.04. The van der Waals surface area contributed by atoms with Gasteiger partial charge in [0, 0.05) is 10.6 Å². The maximum absolute atomic E-state index is 13.7. The molecule has 0 aliphatic rings. The van der Waals surface area contributed by atoms with Crippen molar-refractivity contribution in [3.05, 3.63) is 69.5 Å². The molecule has 0 bridgehead atoms. The highest BCUT2D eigenvalue weighted by Gasteiger charge is 2.07. The molecule has 0 aliphatic heterocycles. The van der Waals surface area contributed by atoms with Gasteiger partial charge < -0.3 is 0 Å². The van der Waals surface area contributed by atoms with Crippen molar-refractivity contribution < 1.29 is 4.39 Å². The van der Waals surface area contributed by atoms with Crippen LogP contribution in [0.1, 0.15) is 11.1 Å². The molecule has 0 saturated heterocycles. The molecule has 0 heterocycles. The van der Waals surface area contributed by atoms with E-state index < -0.39 is 5.82 Å². The first kappa shape index (κ1) is 13.6. The van der Waals surface area contributed by atoms with Crippen LogP contribution in [0.4, 0.5) is 4.39 Å². The summed E-state index contributed by atoms with van der Waals surface area (Å²) in [5, 5.41) is 9.96. The molecular formula is C15H8Cl2FN. The minimum atomic E-state index is -0.470. The zero-order chi connectivity index (χ0) is 13.8. The summed E-state index contributed by atoms with van der Waals surface area (Å²) >= 11 is 11.8. The van der Waals surface area contributed by atoms with Gasteiger partial charge in [-0.2, -0.15) is 5.26 Å². The molecule has 2 rings (SSSR count). The molecule has 0 saturated carbocycles. The van der Waals surface area contributed by atoms with E-state index in [4.69, 9.17) is 23.2 Å². The maximum atomic E-state index is 13.7. The first-order valence-electron chi connectivity index (χ1n) is 5.43. The molecule has 0 N–H and O–H groups in total.